The summed E-state index contributed by atoms with van der Waals surface area (Å²) in [4.78, 5) is 31.7. The van der Waals surface area contributed by atoms with Crippen molar-refractivity contribution in [2.24, 2.45) is 20.0 Å². The average Bonchev–Trinajstić information content (AvgIpc) is 3.11. The summed E-state index contributed by atoms with van der Waals surface area (Å²) < 4.78 is 4.77. The van der Waals surface area contributed by atoms with Crippen LogP contribution >= 0.6 is 0 Å². The van der Waals surface area contributed by atoms with E-state index >= 15 is 0 Å². The van der Waals surface area contributed by atoms with E-state index in [0.717, 1.165) is 50.8 Å². The number of hydrogen-bond acceptors (Lipinski definition) is 3. The molecule has 0 spiro atoms. The topological polar surface area (TPSA) is 66.3 Å². The van der Waals surface area contributed by atoms with Gasteiger partial charge in [-0.3, -0.25) is 13.9 Å². The zero-order valence-corrected chi connectivity index (χ0v) is 18.2. The average molecular weight is 411 g/mol. The van der Waals surface area contributed by atoms with Gasteiger partial charge in [-0.25, -0.2) is 9.78 Å². The molecule has 1 aromatic carbocycles. The van der Waals surface area contributed by atoms with Gasteiger partial charge >= 0.3 is 5.69 Å². The third-order valence-corrected chi connectivity index (χ3v) is 6.51. The smallest absolute Gasteiger partial charge is 0.329 e. The van der Waals surface area contributed by atoms with E-state index in [1.54, 1.807) is 14.1 Å². The van der Waals surface area contributed by atoms with Crippen LogP contribution in [0, 0.1) is 5.92 Å². The van der Waals surface area contributed by atoms with E-state index in [9.17, 15) is 9.59 Å². The number of hydrogen-bond donors (Lipinski definition) is 1. The molecule has 4 rings (SSSR count). The maximum Gasteiger partial charge on any atom is 0.332 e. The number of piperidine rings is 1. The number of nitrogens with zero attached hydrogens (tertiary/aromatic N) is 4. The molecule has 1 saturated heterocycles. The first-order chi connectivity index (χ1) is 14.5. The first-order valence-corrected chi connectivity index (χ1v) is 11.0. The van der Waals surface area contributed by atoms with E-state index in [4.69, 9.17) is 4.98 Å². The summed E-state index contributed by atoms with van der Waals surface area (Å²) in [6.45, 7) is 6.09. The number of nitrogens with one attached hydrogen (secondary N) is 1. The molecule has 0 amide bonds. The second kappa shape index (κ2) is 8.60. The van der Waals surface area contributed by atoms with E-state index in [1.165, 1.54) is 32.4 Å². The Balaban J connectivity index is 1.68. The number of likely N-dealkylation sites (tertiary alicyclic amines) is 1. The van der Waals surface area contributed by atoms with Gasteiger partial charge in [-0.2, -0.15) is 0 Å². The molecule has 7 nitrogen and oxygen atoms in total. The van der Waals surface area contributed by atoms with Crippen molar-refractivity contribution < 1.29 is 4.90 Å². The fourth-order valence-electron chi connectivity index (χ4n) is 4.52. The predicted molar refractivity (Wildman–Crippen MR) is 118 cm³/mol. The molecule has 1 fully saturated rings. The molecular weight excluding hydrogens is 378 g/mol. The lowest BCUT2D eigenvalue weighted by Gasteiger charge is -2.27. The van der Waals surface area contributed by atoms with Gasteiger partial charge in [-0.05, 0) is 37.2 Å². The Labute approximate surface area is 176 Å². The predicted octanol–water partition coefficient (Wildman–Crippen LogP) is 0.881. The van der Waals surface area contributed by atoms with Crippen molar-refractivity contribution in [2.75, 3.05) is 13.1 Å². The summed E-state index contributed by atoms with van der Waals surface area (Å²) >= 11 is 0. The number of rotatable bonds is 6. The van der Waals surface area contributed by atoms with Crippen LogP contribution in [0.25, 0.3) is 11.2 Å². The standard InChI is InChI=1S/C23H31N5O2/c1-17-11-14-27(15-12-17)16-19-24-21-20(22(29)26(3)23(30)25(21)2)28(19)13-7-10-18-8-5-4-6-9-18/h4-6,8-9,17H,7,10-16H2,1-3H3/p+1. The van der Waals surface area contributed by atoms with E-state index in [0.29, 0.717) is 11.2 Å². The minimum Gasteiger partial charge on any atom is -0.329 e. The van der Waals surface area contributed by atoms with Crippen LogP contribution in [0.3, 0.4) is 0 Å². The molecule has 0 aliphatic carbocycles. The maximum absolute atomic E-state index is 13.0. The molecule has 0 unspecified atom stereocenters. The van der Waals surface area contributed by atoms with Crippen molar-refractivity contribution in [3.05, 3.63) is 62.6 Å². The Morgan fingerprint density at radius 3 is 2.47 bits per heavy atom. The van der Waals surface area contributed by atoms with Crippen molar-refractivity contribution in [1.82, 2.24) is 18.7 Å². The largest absolute Gasteiger partial charge is 0.332 e. The molecule has 160 valence electrons. The van der Waals surface area contributed by atoms with Gasteiger partial charge in [0.15, 0.2) is 17.0 Å². The zero-order valence-electron chi connectivity index (χ0n) is 18.2. The number of aryl methyl sites for hydroxylation is 3. The van der Waals surface area contributed by atoms with Crippen molar-refractivity contribution in [2.45, 2.75) is 45.7 Å². The minimum atomic E-state index is -0.327. The third-order valence-electron chi connectivity index (χ3n) is 6.51. The lowest BCUT2D eigenvalue weighted by Crippen LogP contribution is -3.11. The lowest BCUT2D eigenvalue weighted by atomic mass is 9.99. The van der Waals surface area contributed by atoms with Crippen molar-refractivity contribution >= 4 is 11.2 Å². The number of benzene rings is 1. The Bertz CT molecular complexity index is 1130. The molecule has 0 bridgehead atoms. The zero-order chi connectivity index (χ0) is 21.3. The Kier molecular flexibility index (Phi) is 5.90. The highest BCUT2D eigenvalue weighted by Gasteiger charge is 2.24. The van der Waals surface area contributed by atoms with Crippen molar-refractivity contribution in [3.63, 3.8) is 0 Å². The van der Waals surface area contributed by atoms with E-state index in [-0.39, 0.29) is 11.2 Å². The van der Waals surface area contributed by atoms with Crippen LogP contribution in [0.2, 0.25) is 0 Å². The molecular formula is C23H32N5O2+. The second-order valence-corrected chi connectivity index (χ2v) is 8.76. The van der Waals surface area contributed by atoms with Crippen LogP contribution in [-0.2, 0) is 33.6 Å². The van der Waals surface area contributed by atoms with Gasteiger partial charge in [0.1, 0.15) is 6.54 Å². The Hall–Kier alpha value is -2.67. The van der Waals surface area contributed by atoms with Gasteiger partial charge < -0.3 is 9.47 Å². The monoisotopic (exact) mass is 410 g/mol. The molecule has 0 saturated carbocycles. The summed E-state index contributed by atoms with van der Waals surface area (Å²) in [5, 5.41) is 0. The van der Waals surface area contributed by atoms with Crippen molar-refractivity contribution in [1.29, 1.82) is 0 Å². The van der Waals surface area contributed by atoms with E-state index in [2.05, 4.69) is 35.8 Å². The molecule has 1 aliphatic heterocycles. The fraction of sp³-hybridized carbons (Fsp3) is 0.522. The number of aromatic nitrogens is 4. The van der Waals surface area contributed by atoms with Crippen molar-refractivity contribution in [3.8, 4) is 0 Å². The molecule has 0 atom stereocenters. The van der Waals surface area contributed by atoms with E-state index < -0.39 is 0 Å². The molecule has 30 heavy (non-hydrogen) atoms. The van der Waals surface area contributed by atoms with Gasteiger partial charge in [0, 0.05) is 20.6 Å². The molecule has 1 N–H and O–H groups in total. The fourth-order valence-corrected chi connectivity index (χ4v) is 4.52. The minimum absolute atomic E-state index is 0.256. The first kappa shape index (κ1) is 20.6. The van der Waals surface area contributed by atoms with Gasteiger partial charge in [0.05, 0.1) is 13.1 Å². The highest BCUT2D eigenvalue weighted by atomic mass is 16.2. The molecule has 3 heterocycles. The summed E-state index contributed by atoms with van der Waals surface area (Å²) in [5.74, 6) is 1.70. The SMILES string of the molecule is CC1CC[NH+](Cc2nc3c(c(=O)n(C)c(=O)n3C)n2CCCc2ccccc2)CC1. The maximum atomic E-state index is 13.0. The quantitative estimate of drug-likeness (QED) is 0.656. The van der Waals surface area contributed by atoms with Crippen LogP contribution < -0.4 is 16.1 Å². The number of fused-ring (bicyclic) bond motifs is 1. The van der Waals surface area contributed by atoms with Gasteiger partial charge in [0.2, 0.25) is 0 Å². The summed E-state index contributed by atoms with van der Waals surface area (Å²) in [5.41, 5.74) is 1.76. The summed E-state index contributed by atoms with van der Waals surface area (Å²) in [7, 11) is 3.24. The number of quaternary nitrogens is 1. The normalized spacial score (nSPS) is 19.4. The molecule has 2 aromatic heterocycles. The highest BCUT2D eigenvalue weighted by molar-refractivity contribution is 5.71. The Morgan fingerprint density at radius 1 is 1.07 bits per heavy atom. The summed E-state index contributed by atoms with van der Waals surface area (Å²) in [6.07, 6.45) is 4.31. The summed E-state index contributed by atoms with van der Waals surface area (Å²) in [6, 6.07) is 10.4. The van der Waals surface area contributed by atoms with E-state index in [1.807, 2.05) is 6.07 Å². The van der Waals surface area contributed by atoms with Crippen LogP contribution in [0.4, 0.5) is 0 Å². The van der Waals surface area contributed by atoms with Gasteiger partial charge in [-0.1, -0.05) is 37.3 Å². The third kappa shape index (κ3) is 3.99. The Morgan fingerprint density at radius 2 is 1.77 bits per heavy atom. The molecule has 0 radical (unpaired) electrons. The van der Waals surface area contributed by atoms with Crippen LogP contribution in [0.15, 0.2) is 39.9 Å². The number of imidazole rings is 1. The van der Waals surface area contributed by atoms with Gasteiger partial charge in [0.25, 0.3) is 5.56 Å². The van der Waals surface area contributed by atoms with Crippen LogP contribution in [0.1, 0.15) is 37.6 Å². The van der Waals surface area contributed by atoms with Crippen LogP contribution in [0.5, 0.6) is 0 Å². The second-order valence-electron chi connectivity index (χ2n) is 8.76. The van der Waals surface area contributed by atoms with Gasteiger partial charge in [-0.15, -0.1) is 0 Å². The highest BCUT2D eigenvalue weighted by Crippen LogP contribution is 2.14. The molecule has 1 aliphatic rings. The lowest BCUT2D eigenvalue weighted by molar-refractivity contribution is -0.920. The first-order valence-electron chi connectivity index (χ1n) is 11.0. The molecule has 7 heteroatoms. The molecule has 3 aromatic rings. The van der Waals surface area contributed by atoms with Crippen LogP contribution in [-0.4, -0.2) is 31.8 Å².